The molecule has 0 aliphatic heterocycles. The minimum atomic E-state index is -0.249. The molecule has 0 radical (unpaired) electrons. The van der Waals surface area contributed by atoms with Crippen molar-refractivity contribution < 1.29 is 4.39 Å². The van der Waals surface area contributed by atoms with Crippen LogP contribution in [0.2, 0.25) is 0 Å². The van der Waals surface area contributed by atoms with Crippen LogP contribution >= 0.6 is 15.9 Å². The van der Waals surface area contributed by atoms with Crippen LogP contribution < -0.4 is 5.32 Å². The van der Waals surface area contributed by atoms with E-state index in [1.807, 2.05) is 12.3 Å². The van der Waals surface area contributed by atoms with Crippen molar-refractivity contribution >= 4 is 21.6 Å². The Morgan fingerprint density at radius 2 is 2.18 bits per heavy atom. The smallest absolute Gasteiger partial charge is 0.139 e. The predicted molar refractivity (Wildman–Crippen MR) is 71.5 cm³/mol. The van der Waals surface area contributed by atoms with Crippen LogP contribution in [0.1, 0.15) is 12.5 Å². The number of halogens is 2. The first-order valence-corrected chi connectivity index (χ1v) is 6.32. The van der Waals surface area contributed by atoms with Gasteiger partial charge in [-0.3, -0.25) is 0 Å². The second-order valence-corrected chi connectivity index (χ2v) is 4.69. The molecule has 0 atom stereocenters. The minimum absolute atomic E-state index is 0.249. The van der Waals surface area contributed by atoms with Crippen molar-refractivity contribution in [3.05, 3.63) is 52.5 Å². The van der Waals surface area contributed by atoms with E-state index in [1.165, 1.54) is 11.6 Å². The molecule has 1 aromatic carbocycles. The second kappa shape index (κ2) is 5.36. The first-order chi connectivity index (χ1) is 8.19. The van der Waals surface area contributed by atoms with Gasteiger partial charge in [0.15, 0.2) is 0 Å². The summed E-state index contributed by atoms with van der Waals surface area (Å²) in [5.74, 6) is -0.249. The fourth-order valence-electron chi connectivity index (χ4n) is 1.60. The van der Waals surface area contributed by atoms with Gasteiger partial charge in [0, 0.05) is 31.2 Å². The van der Waals surface area contributed by atoms with Gasteiger partial charge in [-0.15, -0.1) is 0 Å². The Morgan fingerprint density at radius 3 is 2.82 bits per heavy atom. The summed E-state index contributed by atoms with van der Waals surface area (Å²) in [6.07, 6.45) is 4.13. The van der Waals surface area contributed by atoms with Gasteiger partial charge < -0.3 is 9.88 Å². The topological polar surface area (TPSA) is 17.0 Å². The molecule has 0 spiro atoms. The Labute approximate surface area is 109 Å². The number of nitrogens with one attached hydrogen (secondary N) is 1. The molecule has 2 nitrogen and oxygen atoms in total. The van der Waals surface area contributed by atoms with E-state index >= 15 is 0 Å². The van der Waals surface area contributed by atoms with Gasteiger partial charge in [0.25, 0.3) is 0 Å². The zero-order valence-corrected chi connectivity index (χ0v) is 11.2. The molecule has 1 heterocycles. The molecule has 17 heavy (non-hydrogen) atoms. The van der Waals surface area contributed by atoms with Crippen LogP contribution in [0.15, 0.2) is 41.1 Å². The second-order valence-electron chi connectivity index (χ2n) is 3.83. The maximum absolute atomic E-state index is 13.3. The number of hydrogen-bond acceptors (Lipinski definition) is 1. The van der Waals surface area contributed by atoms with Gasteiger partial charge in [-0.05, 0) is 52.7 Å². The Morgan fingerprint density at radius 1 is 1.35 bits per heavy atom. The molecule has 0 aliphatic rings. The number of hydrogen-bond donors (Lipinski definition) is 1. The molecule has 0 aliphatic carbocycles. The van der Waals surface area contributed by atoms with E-state index in [0.29, 0.717) is 11.0 Å². The third-order valence-electron chi connectivity index (χ3n) is 2.59. The van der Waals surface area contributed by atoms with Crippen molar-refractivity contribution in [3.63, 3.8) is 0 Å². The van der Waals surface area contributed by atoms with Gasteiger partial charge in [0.2, 0.25) is 0 Å². The van der Waals surface area contributed by atoms with Crippen LogP contribution in [0, 0.1) is 5.82 Å². The van der Waals surface area contributed by atoms with E-state index in [9.17, 15) is 4.39 Å². The third kappa shape index (κ3) is 3.09. The molecule has 0 unspecified atom stereocenters. The van der Waals surface area contributed by atoms with Crippen LogP contribution in [-0.4, -0.2) is 4.57 Å². The lowest BCUT2D eigenvalue weighted by molar-refractivity contribution is 0.621. The Bertz CT molecular complexity index is 508. The molecule has 0 saturated carbocycles. The standard InChI is InChI=1S/C13H14BrFN2/c1-2-17-6-5-10(9-17)8-16-11-3-4-12(14)13(15)7-11/h3-7,9,16H,2,8H2,1H3. The van der Waals surface area contributed by atoms with Crippen molar-refractivity contribution in [3.8, 4) is 0 Å². The molecule has 0 amide bonds. The summed E-state index contributed by atoms with van der Waals surface area (Å²) in [6, 6.07) is 7.10. The average molecular weight is 297 g/mol. The van der Waals surface area contributed by atoms with Gasteiger partial charge in [-0.1, -0.05) is 0 Å². The zero-order chi connectivity index (χ0) is 12.3. The lowest BCUT2D eigenvalue weighted by atomic mass is 10.3. The molecule has 2 rings (SSSR count). The highest BCUT2D eigenvalue weighted by Crippen LogP contribution is 2.19. The average Bonchev–Trinajstić information content (AvgIpc) is 2.79. The van der Waals surface area contributed by atoms with Gasteiger partial charge in [0.05, 0.1) is 4.47 Å². The predicted octanol–water partition coefficient (Wildman–Crippen LogP) is 4.02. The van der Waals surface area contributed by atoms with E-state index in [4.69, 9.17) is 0 Å². The Kier molecular flexibility index (Phi) is 3.84. The lowest BCUT2D eigenvalue weighted by Crippen LogP contribution is -1.99. The molecule has 0 fully saturated rings. The number of aromatic nitrogens is 1. The van der Waals surface area contributed by atoms with E-state index in [1.54, 1.807) is 6.07 Å². The van der Waals surface area contributed by atoms with Gasteiger partial charge in [0.1, 0.15) is 5.82 Å². The maximum Gasteiger partial charge on any atom is 0.139 e. The van der Waals surface area contributed by atoms with Crippen LogP contribution in [0.3, 0.4) is 0 Å². The fraction of sp³-hybridized carbons (Fsp3) is 0.231. The minimum Gasteiger partial charge on any atom is -0.381 e. The van der Waals surface area contributed by atoms with E-state index < -0.39 is 0 Å². The van der Waals surface area contributed by atoms with Crippen molar-refractivity contribution in [1.29, 1.82) is 0 Å². The molecule has 2 aromatic rings. The first kappa shape index (κ1) is 12.2. The molecule has 1 aromatic heterocycles. The SMILES string of the molecule is CCn1ccc(CNc2ccc(Br)c(F)c2)c1. The molecule has 0 bridgehead atoms. The highest BCUT2D eigenvalue weighted by atomic mass is 79.9. The van der Waals surface area contributed by atoms with Crippen molar-refractivity contribution in [2.24, 2.45) is 0 Å². The maximum atomic E-state index is 13.3. The molecule has 4 heteroatoms. The van der Waals surface area contributed by atoms with Gasteiger partial charge in [-0.2, -0.15) is 0 Å². The van der Waals surface area contributed by atoms with Crippen LogP contribution in [-0.2, 0) is 13.1 Å². The van der Waals surface area contributed by atoms with Crippen molar-refractivity contribution in [2.75, 3.05) is 5.32 Å². The third-order valence-corrected chi connectivity index (χ3v) is 3.24. The van der Waals surface area contributed by atoms with Crippen LogP contribution in [0.5, 0.6) is 0 Å². The molecule has 1 N–H and O–H groups in total. The first-order valence-electron chi connectivity index (χ1n) is 5.52. The van der Waals surface area contributed by atoms with Crippen LogP contribution in [0.4, 0.5) is 10.1 Å². The molecular formula is C13H14BrFN2. The Balaban J connectivity index is 1.99. The van der Waals surface area contributed by atoms with Gasteiger partial charge in [-0.25, -0.2) is 4.39 Å². The summed E-state index contributed by atoms with van der Waals surface area (Å²) in [5.41, 5.74) is 1.98. The molecule has 0 saturated heterocycles. The van der Waals surface area contributed by atoms with Gasteiger partial charge >= 0.3 is 0 Å². The Hall–Kier alpha value is -1.29. The summed E-state index contributed by atoms with van der Waals surface area (Å²) >= 11 is 3.13. The van der Waals surface area contributed by atoms with Crippen LogP contribution in [0.25, 0.3) is 0 Å². The highest BCUT2D eigenvalue weighted by molar-refractivity contribution is 9.10. The normalized spacial score (nSPS) is 10.5. The van der Waals surface area contributed by atoms with E-state index in [0.717, 1.165) is 12.2 Å². The van der Waals surface area contributed by atoms with E-state index in [2.05, 4.69) is 45.0 Å². The number of nitrogens with zero attached hydrogens (tertiary/aromatic N) is 1. The summed E-state index contributed by atoms with van der Waals surface area (Å²) in [4.78, 5) is 0. The highest BCUT2D eigenvalue weighted by Gasteiger charge is 2.01. The number of benzene rings is 1. The quantitative estimate of drug-likeness (QED) is 0.902. The number of aryl methyl sites for hydroxylation is 1. The van der Waals surface area contributed by atoms with E-state index in [-0.39, 0.29) is 5.82 Å². The summed E-state index contributed by atoms with van der Waals surface area (Å²) in [6.45, 7) is 3.77. The zero-order valence-electron chi connectivity index (χ0n) is 9.58. The molecular weight excluding hydrogens is 283 g/mol. The molecule has 90 valence electrons. The summed E-state index contributed by atoms with van der Waals surface area (Å²) < 4.78 is 15.9. The van der Waals surface area contributed by atoms with Crippen molar-refractivity contribution in [1.82, 2.24) is 4.57 Å². The van der Waals surface area contributed by atoms with Crippen molar-refractivity contribution in [2.45, 2.75) is 20.0 Å². The number of anilines is 1. The number of rotatable bonds is 4. The summed E-state index contributed by atoms with van der Waals surface area (Å²) in [5, 5.41) is 3.19. The summed E-state index contributed by atoms with van der Waals surface area (Å²) in [7, 11) is 0. The monoisotopic (exact) mass is 296 g/mol. The lowest BCUT2D eigenvalue weighted by Gasteiger charge is -2.05. The fourth-order valence-corrected chi connectivity index (χ4v) is 1.85. The largest absolute Gasteiger partial charge is 0.381 e.